The summed E-state index contributed by atoms with van der Waals surface area (Å²) in [5, 5.41) is 10.5. The van der Waals surface area contributed by atoms with Gasteiger partial charge < -0.3 is 17.3 Å². The van der Waals surface area contributed by atoms with E-state index in [-0.39, 0.29) is 7.43 Å². The van der Waals surface area contributed by atoms with E-state index in [0.717, 1.165) is 11.4 Å². The number of fused-ring (bicyclic) bond motifs is 5. The zero-order valence-corrected chi connectivity index (χ0v) is 31.9. The maximum absolute atomic E-state index is 5.10. The van der Waals surface area contributed by atoms with Crippen molar-refractivity contribution in [3.05, 3.63) is 140 Å². The first-order valence-corrected chi connectivity index (χ1v) is 23.6. The summed E-state index contributed by atoms with van der Waals surface area (Å²) in [6, 6.07) is 37.9. The van der Waals surface area contributed by atoms with Crippen molar-refractivity contribution in [3.8, 4) is 0 Å². The SMILES string of the molecule is CC(C)[C@@H]1C[C@@H]2C(c3c4ccccc4cc4ccccc34)=CC=C[C@@H]2C1[Si](C)(C)N1c2ccccc2[N-]c2ccccc21.[CH3-].[Cl][Ti][Cl]. The molecule has 1 aliphatic heterocycles. The van der Waals surface area contributed by atoms with Crippen LogP contribution in [0.4, 0.5) is 22.7 Å². The van der Waals surface area contributed by atoms with Crippen molar-refractivity contribution >= 4 is 76.7 Å². The molecule has 6 heteroatoms. The molecular weight excluding hydrogens is 667 g/mol. The minimum atomic E-state index is -2.15. The molecule has 1 saturated carbocycles. The van der Waals surface area contributed by atoms with Crippen LogP contribution in [0.15, 0.2) is 121 Å². The molecule has 0 amide bonds. The molecule has 0 radical (unpaired) electrons. The van der Waals surface area contributed by atoms with Crippen molar-refractivity contribution in [3.63, 3.8) is 0 Å². The fourth-order valence-corrected chi connectivity index (χ4v) is 13.7. The van der Waals surface area contributed by atoms with Gasteiger partial charge in [0.1, 0.15) is 0 Å². The second-order valence-electron chi connectivity index (χ2n) is 13.7. The molecule has 1 unspecified atom stereocenters. The normalized spacial score (nSPS) is 21.1. The van der Waals surface area contributed by atoms with Crippen molar-refractivity contribution in [2.45, 2.75) is 38.9 Å². The first-order valence-electron chi connectivity index (χ1n) is 16.3. The predicted molar refractivity (Wildman–Crippen MR) is 206 cm³/mol. The van der Waals surface area contributed by atoms with Crippen LogP contribution in [-0.4, -0.2) is 8.24 Å². The molecule has 2 nitrogen and oxygen atoms in total. The van der Waals surface area contributed by atoms with Crippen molar-refractivity contribution in [1.82, 2.24) is 0 Å². The molecule has 8 rings (SSSR count). The molecule has 2 aliphatic carbocycles. The van der Waals surface area contributed by atoms with E-state index < -0.39 is 25.3 Å². The molecule has 5 aromatic rings. The molecule has 0 spiro atoms. The summed E-state index contributed by atoms with van der Waals surface area (Å²) in [6.07, 6.45) is 8.66. The molecule has 47 heavy (non-hydrogen) atoms. The van der Waals surface area contributed by atoms with Gasteiger partial charge in [-0.25, -0.2) is 0 Å². The van der Waals surface area contributed by atoms with E-state index in [9.17, 15) is 0 Å². The molecule has 3 aliphatic rings. The molecule has 0 bridgehead atoms. The monoisotopic (exact) mass is 708 g/mol. The Morgan fingerprint density at radius 2 is 1.30 bits per heavy atom. The molecule has 0 saturated heterocycles. The number of hydrogen-bond donors (Lipinski definition) is 0. The van der Waals surface area contributed by atoms with E-state index in [1.54, 1.807) is 0 Å². The number of anilines is 2. The third kappa shape index (κ3) is 5.93. The van der Waals surface area contributed by atoms with Gasteiger partial charge in [0.25, 0.3) is 0 Å². The Morgan fingerprint density at radius 3 is 1.85 bits per heavy atom. The molecule has 1 heterocycles. The van der Waals surface area contributed by atoms with Gasteiger partial charge in [0.2, 0.25) is 0 Å². The van der Waals surface area contributed by atoms with E-state index in [1.165, 1.54) is 50.5 Å². The van der Waals surface area contributed by atoms with E-state index in [4.69, 9.17) is 23.9 Å². The number of benzene rings is 5. The summed E-state index contributed by atoms with van der Waals surface area (Å²) >= 11 is -0.556. The van der Waals surface area contributed by atoms with E-state index >= 15 is 0 Å². The van der Waals surface area contributed by atoms with Gasteiger partial charge in [0, 0.05) is 11.4 Å². The number of allylic oxidation sites excluding steroid dienone is 4. The van der Waals surface area contributed by atoms with Crippen LogP contribution >= 0.6 is 18.6 Å². The van der Waals surface area contributed by atoms with E-state index in [2.05, 4.69) is 153 Å². The van der Waals surface area contributed by atoms with Gasteiger partial charge in [-0.2, -0.15) is 0 Å². The second kappa shape index (κ2) is 14.0. The Balaban J connectivity index is 0.000000932. The molecular formula is C41H42Cl2N2SiTi-2. The standard InChI is InChI=1S/C40H39N2Si.CH3.2ClH.Ti/c1-26(2)33-25-34-31(39-29-16-7-5-14-27(29)24-28-15-6-8-17-30(28)39)18-13-19-32(34)40(33)43(3,4)42-37-22-11-9-20-35(37)41-36-21-10-12-23-38(36)42;;;;/h5-24,26,32-34,40H,25H2,1-4H3;1H3;2*1H;/q2*-1;;;+2/p-2/t32-,33-,34+,40?;;;;/m0..../s1. The van der Waals surface area contributed by atoms with Gasteiger partial charge in [-0.15, -0.1) is 11.4 Å². The summed E-state index contributed by atoms with van der Waals surface area (Å²) in [4.78, 5) is 0. The zero-order chi connectivity index (χ0) is 32.0. The van der Waals surface area contributed by atoms with E-state index in [1.807, 2.05) is 0 Å². The predicted octanol–water partition coefficient (Wildman–Crippen LogP) is 13.7. The van der Waals surface area contributed by atoms with Crippen LogP contribution in [0.3, 0.4) is 0 Å². The Hall–Kier alpha value is -2.79. The maximum atomic E-state index is 5.10. The summed E-state index contributed by atoms with van der Waals surface area (Å²) in [6.45, 7) is 10.2. The summed E-state index contributed by atoms with van der Waals surface area (Å²) in [7, 11) is 7.63. The third-order valence-corrected chi connectivity index (χ3v) is 14.7. The Labute approximate surface area is 298 Å². The first kappa shape index (κ1) is 34.1. The fraction of sp³-hybridized carbons (Fsp3) is 0.244. The minimum absolute atomic E-state index is 0. The first-order chi connectivity index (χ1) is 22.3. The van der Waals surface area contributed by atoms with Crippen LogP contribution in [0.5, 0.6) is 0 Å². The fourth-order valence-electron chi connectivity index (χ4n) is 8.93. The van der Waals surface area contributed by atoms with Crippen LogP contribution in [0.2, 0.25) is 18.6 Å². The van der Waals surface area contributed by atoms with Crippen LogP contribution in [0, 0.1) is 31.1 Å². The molecule has 0 aromatic heterocycles. The van der Waals surface area contributed by atoms with Gasteiger partial charge in [-0.1, -0.05) is 130 Å². The summed E-state index contributed by atoms with van der Waals surface area (Å²) in [5.41, 5.74) is 8.33. The Bertz CT molecular complexity index is 1870. The second-order valence-corrected chi connectivity index (χ2v) is 20.7. The number of rotatable bonds is 4. The molecule has 240 valence electrons. The molecule has 0 N–H and O–H groups in total. The number of halogens is 2. The van der Waals surface area contributed by atoms with Gasteiger partial charge in [0.05, 0.1) is 0 Å². The van der Waals surface area contributed by atoms with Gasteiger partial charge in [-0.05, 0) is 86.5 Å². The van der Waals surface area contributed by atoms with Gasteiger partial charge in [-0.3, -0.25) is 0 Å². The van der Waals surface area contributed by atoms with E-state index in [0.29, 0.717) is 29.2 Å². The number of para-hydroxylation sites is 4. The van der Waals surface area contributed by atoms with Crippen molar-refractivity contribution in [2.24, 2.45) is 23.7 Å². The van der Waals surface area contributed by atoms with Crippen LogP contribution < -0.4 is 4.57 Å². The number of nitrogens with zero attached hydrogens (tertiary/aromatic N) is 2. The summed E-state index contributed by atoms with van der Waals surface area (Å²) < 4.78 is 2.77. The van der Waals surface area contributed by atoms with Crippen LogP contribution in [0.25, 0.3) is 32.4 Å². The average molecular weight is 710 g/mol. The van der Waals surface area contributed by atoms with Gasteiger partial charge in [0.15, 0.2) is 8.24 Å². The molecule has 5 aromatic carbocycles. The Kier molecular flexibility index (Phi) is 10.1. The molecule has 1 fully saturated rings. The van der Waals surface area contributed by atoms with Crippen LogP contribution in [-0.2, 0) is 17.0 Å². The summed E-state index contributed by atoms with van der Waals surface area (Å²) in [5.74, 6) is 2.26. The van der Waals surface area contributed by atoms with Crippen LogP contribution in [0.1, 0.15) is 25.8 Å². The third-order valence-electron chi connectivity index (χ3n) is 10.7. The van der Waals surface area contributed by atoms with Crippen molar-refractivity contribution in [1.29, 1.82) is 0 Å². The van der Waals surface area contributed by atoms with Gasteiger partial charge >= 0.3 is 35.6 Å². The Morgan fingerprint density at radius 1 is 0.787 bits per heavy atom. The van der Waals surface area contributed by atoms with Crippen molar-refractivity contribution < 1.29 is 17.0 Å². The average Bonchev–Trinajstić information content (AvgIpc) is 3.48. The zero-order valence-electron chi connectivity index (χ0n) is 27.8. The quantitative estimate of drug-likeness (QED) is 0.103. The molecule has 4 atom stereocenters. The topological polar surface area (TPSA) is 17.3 Å². The number of hydrogen-bond acceptors (Lipinski definition) is 1. The van der Waals surface area contributed by atoms with Crippen molar-refractivity contribution in [2.75, 3.05) is 4.57 Å².